The monoisotopic (exact) mass is 272 g/mol. The Morgan fingerprint density at radius 2 is 2.05 bits per heavy atom. The Morgan fingerprint density at radius 1 is 1.32 bits per heavy atom. The van der Waals surface area contributed by atoms with Gasteiger partial charge < -0.3 is 19.7 Å². The second-order valence-corrected chi connectivity index (χ2v) is 5.06. The Balaban J connectivity index is 2.48. The number of rotatable bonds is 8. The van der Waals surface area contributed by atoms with Crippen LogP contribution >= 0.6 is 0 Å². The maximum Gasteiger partial charge on any atom is 0.243 e. The van der Waals surface area contributed by atoms with E-state index in [9.17, 15) is 9.59 Å². The molecule has 1 fully saturated rings. The zero-order valence-corrected chi connectivity index (χ0v) is 12.0. The van der Waals surface area contributed by atoms with Crippen LogP contribution in [0.3, 0.4) is 0 Å². The van der Waals surface area contributed by atoms with Gasteiger partial charge >= 0.3 is 0 Å². The Hall–Kier alpha value is -1.14. The van der Waals surface area contributed by atoms with E-state index in [-0.39, 0.29) is 24.4 Å². The van der Waals surface area contributed by atoms with Crippen molar-refractivity contribution >= 4 is 11.8 Å². The molecule has 0 aliphatic carbocycles. The van der Waals surface area contributed by atoms with Crippen molar-refractivity contribution < 1.29 is 19.1 Å². The van der Waals surface area contributed by atoms with E-state index in [1.54, 1.807) is 12.0 Å². The van der Waals surface area contributed by atoms with Crippen LogP contribution in [0, 0.1) is 5.92 Å². The van der Waals surface area contributed by atoms with Crippen molar-refractivity contribution in [2.75, 3.05) is 40.0 Å². The third-order valence-electron chi connectivity index (χ3n) is 3.02. The molecule has 2 amide bonds. The molecular formula is C13H24N2O4. The maximum absolute atomic E-state index is 11.9. The summed E-state index contributed by atoms with van der Waals surface area (Å²) in [5, 5.41) is 2.64. The molecule has 6 heteroatoms. The van der Waals surface area contributed by atoms with Crippen LogP contribution in [-0.4, -0.2) is 62.8 Å². The van der Waals surface area contributed by atoms with Gasteiger partial charge in [0.2, 0.25) is 11.8 Å². The van der Waals surface area contributed by atoms with Crippen LogP contribution in [0.15, 0.2) is 0 Å². The summed E-state index contributed by atoms with van der Waals surface area (Å²) in [6.45, 7) is 6.08. The summed E-state index contributed by atoms with van der Waals surface area (Å²) < 4.78 is 10.2. The molecule has 1 aliphatic rings. The first-order chi connectivity index (χ1) is 9.06. The highest BCUT2D eigenvalue weighted by Crippen LogP contribution is 2.14. The average Bonchev–Trinajstić information content (AvgIpc) is 2.36. The van der Waals surface area contributed by atoms with Crippen molar-refractivity contribution in [3.8, 4) is 0 Å². The van der Waals surface area contributed by atoms with Gasteiger partial charge in [0.1, 0.15) is 6.04 Å². The number of carbonyl (C=O) groups excluding carboxylic acids is 2. The first kappa shape index (κ1) is 15.9. The van der Waals surface area contributed by atoms with Gasteiger partial charge in [0.15, 0.2) is 0 Å². The summed E-state index contributed by atoms with van der Waals surface area (Å²) in [7, 11) is 1.61. The zero-order chi connectivity index (χ0) is 14.3. The predicted molar refractivity (Wildman–Crippen MR) is 70.7 cm³/mol. The van der Waals surface area contributed by atoms with Crippen LogP contribution in [0.1, 0.15) is 20.3 Å². The van der Waals surface area contributed by atoms with Gasteiger partial charge in [0, 0.05) is 13.7 Å². The van der Waals surface area contributed by atoms with Gasteiger partial charge in [-0.2, -0.15) is 0 Å². The molecule has 1 heterocycles. The van der Waals surface area contributed by atoms with Crippen LogP contribution in [0.4, 0.5) is 0 Å². The molecule has 0 radical (unpaired) electrons. The molecule has 1 unspecified atom stereocenters. The van der Waals surface area contributed by atoms with E-state index >= 15 is 0 Å². The topological polar surface area (TPSA) is 67.9 Å². The van der Waals surface area contributed by atoms with E-state index in [2.05, 4.69) is 5.32 Å². The minimum absolute atomic E-state index is 0.0411. The number of piperazine rings is 1. The van der Waals surface area contributed by atoms with Gasteiger partial charge in [0.25, 0.3) is 0 Å². The summed E-state index contributed by atoms with van der Waals surface area (Å²) in [6, 6.07) is -0.368. The summed E-state index contributed by atoms with van der Waals surface area (Å²) in [5.74, 6) is 0.254. The Morgan fingerprint density at radius 3 is 2.68 bits per heavy atom. The van der Waals surface area contributed by atoms with Gasteiger partial charge in [-0.3, -0.25) is 9.59 Å². The number of nitrogens with zero attached hydrogens (tertiary/aromatic N) is 1. The lowest BCUT2D eigenvalue weighted by Gasteiger charge is -2.35. The lowest BCUT2D eigenvalue weighted by Crippen LogP contribution is -2.59. The Labute approximate surface area is 114 Å². The fraction of sp³-hybridized carbons (Fsp3) is 0.846. The van der Waals surface area contributed by atoms with Crippen LogP contribution < -0.4 is 5.32 Å². The lowest BCUT2D eigenvalue weighted by atomic mass is 10.00. The SMILES string of the molecule is COCCOCCN1C(=O)CNC(=O)C1CC(C)C. The summed E-state index contributed by atoms with van der Waals surface area (Å²) >= 11 is 0. The fourth-order valence-corrected chi connectivity index (χ4v) is 2.07. The first-order valence-electron chi connectivity index (χ1n) is 6.70. The maximum atomic E-state index is 11.9. The predicted octanol–water partition coefficient (Wildman–Crippen LogP) is 0.0225. The van der Waals surface area contributed by atoms with Gasteiger partial charge in [0.05, 0.1) is 26.4 Å². The summed E-state index contributed by atoms with van der Waals surface area (Å²) in [5.41, 5.74) is 0. The van der Waals surface area contributed by atoms with Crippen LogP contribution in [0.5, 0.6) is 0 Å². The molecule has 0 aromatic rings. The Kier molecular flexibility index (Phi) is 6.80. The molecule has 0 aromatic heterocycles. The van der Waals surface area contributed by atoms with Crippen LogP contribution in [-0.2, 0) is 19.1 Å². The van der Waals surface area contributed by atoms with Gasteiger partial charge in [-0.05, 0) is 12.3 Å². The Bertz CT molecular complexity index is 307. The quantitative estimate of drug-likeness (QED) is 0.633. The number of carbonyl (C=O) groups is 2. The van der Waals surface area contributed by atoms with Crippen molar-refractivity contribution in [2.24, 2.45) is 5.92 Å². The van der Waals surface area contributed by atoms with E-state index in [1.165, 1.54) is 0 Å². The number of hydrogen-bond acceptors (Lipinski definition) is 4. The van der Waals surface area contributed by atoms with Crippen molar-refractivity contribution in [2.45, 2.75) is 26.3 Å². The molecule has 1 atom stereocenters. The third kappa shape index (κ3) is 5.16. The molecule has 0 saturated carbocycles. The molecule has 1 N–H and O–H groups in total. The van der Waals surface area contributed by atoms with Gasteiger partial charge in [-0.15, -0.1) is 0 Å². The number of ether oxygens (including phenoxy) is 2. The molecule has 1 aliphatic heterocycles. The fourth-order valence-electron chi connectivity index (χ4n) is 2.07. The minimum Gasteiger partial charge on any atom is -0.382 e. The molecule has 1 rings (SSSR count). The van der Waals surface area contributed by atoms with E-state index < -0.39 is 0 Å². The highest BCUT2D eigenvalue weighted by molar-refractivity contribution is 5.94. The molecule has 1 saturated heterocycles. The smallest absolute Gasteiger partial charge is 0.243 e. The van der Waals surface area contributed by atoms with Gasteiger partial charge in [-0.1, -0.05) is 13.8 Å². The summed E-state index contributed by atoms with van der Waals surface area (Å²) in [4.78, 5) is 25.4. The zero-order valence-electron chi connectivity index (χ0n) is 12.0. The van der Waals surface area contributed by atoms with E-state index in [0.29, 0.717) is 38.7 Å². The normalized spacial score (nSPS) is 20.0. The van der Waals surface area contributed by atoms with Crippen molar-refractivity contribution in [1.29, 1.82) is 0 Å². The third-order valence-corrected chi connectivity index (χ3v) is 3.02. The van der Waals surface area contributed by atoms with Gasteiger partial charge in [-0.25, -0.2) is 0 Å². The standard InChI is InChI=1S/C13H24N2O4/c1-10(2)8-11-13(17)14-9-12(16)15(11)4-5-19-7-6-18-3/h10-11H,4-9H2,1-3H3,(H,14,17). The minimum atomic E-state index is -0.368. The largest absolute Gasteiger partial charge is 0.382 e. The summed E-state index contributed by atoms with van der Waals surface area (Å²) in [6.07, 6.45) is 0.676. The average molecular weight is 272 g/mol. The number of methoxy groups -OCH3 is 1. The highest BCUT2D eigenvalue weighted by Gasteiger charge is 2.34. The molecule has 110 valence electrons. The van der Waals surface area contributed by atoms with Crippen LogP contribution in [0.2, 0.25) is 0 Å². The van der Waals surface area contributed by atoms with Crippen molar-refractivity contribution in [3.63, 3.8) is 0 Å². The molecular weight excluding hydrogens is 248 g/mol. The highest BCUT2D eigenvalue weighted by atomic mass is 16.5. The second-order valence-electron chi connectivity index (χ2n) is 5.06. The molecule has 0 aromatic carbocycles. The number of hydrogen-bond donors (Lipinski definition) is 1. The van der Waals surface area contributed by atoms with E-state index in [1.807, 2.05) is 13.8 Å². The molecule has 0 spiro atoms. The van der Waals surface area contributed by atoms with Crippen LogP contribution in [0.25, 0.3) is 0 Å². The second kappa shape index (κ2) is 8.12. The van der Waals surface area contributed by atoms with E-state index in [0.717, 1.165) is 0 Å². The molecule has 0 bridgehead atoms. The molecule has 19 heavy (non-hydrogen) atoms. The van der Waals surface area contributed by atoms with E-state index in [4.69, 9.17) is 9.47 Å². The number of nitrogens with one attached hydrogen (secondary N) is 1. The van der Waals surface area contributed by atoms with Crippen molar-refractivity contribution in [1.82, 2.24) is 10.2 Å². The van der Waals surface area contributed by atoms with Crippen molar-refractivity contribution in [3.05, 3.63) is 0 Å². The first-order valence-corrected chi connectivity index (χ1v) is 6.70. The lowest BCUT2D eigenvalue weighted by molar-refractivity contribution is -0.147. The number of amides is 2. The molecule has 6 nitrogen and oxygen atoms in total.